The first-order valence-corrected chi connectivity index (χ1v) is 5.37. The van der Waals surface area contributed by atoms with Gasteiger partial charge in [-0.2, -0.15) is 0 Å². The zero-order valence-electron chi connectivity index (χ0n) is 8.68. The standard InChI is InChI=1S/C9H10O6S/c1-9(2)14-7(12)5(8(13)15-9)3-16-4-6(10)11/h3H,4H2,1-2H3,(H,10,11). The fourth-order valence-electron chi connectivity index (χ4n) is 0.953. The van der Waals surface area contributed by atoms with Crippen molar-refractivity contribution in [1.82, 2.24) is 0 Å². The summed E-state index contributed by atoms with van der Waals surface area (Å²) in [7, 11) is 0. The second kappa shape index (κ2) is 4.56. The van der Waals surface area contributed by atoms with Crippen LogP contribution in [0.3, 0.4) is 0 Å². The molecule has 1 aliphatic heterocycles. The van der Waals surface area contributed by atoms with Gasteiger partial charge in [0.25, 0.3) is 5.79 Å². The largest absolute Gasteiger partial charge is 0.481 e. The van der Waals surface area contributed by atoms with Crippen LogP contribution in [0.4, 0.5) is 0 Å². The molecular formula is C9H10O6S. The van der Waals surface area contributed by atoms with E-state index in [-0.39, 0.29) is 11.3 Å². The van der Waals surface area contributed by atoms with Gasteiger partial charge in [0, 0.05) is 13.8 Å². The summed E-state index contributed by atoms with van der Waals surface area (Å²) >= 11 is 0.812. The fraction of sp³-hybridized carbons (Fsp3) is 0.444. The smallest absolute Gasteiger partial charge is 0.349 e. The maximum absolute atomic E-state index is 11.3. The second-order valence-corrected chi connectivity index (χ2v) is 4.27. The molecule has 1 saturated heterocycles. The normalized spacial score (nSPS) is 18.8. The molecule has 0 aliphatic carbocycles. The highest BCUT2D eigenvalue weighted by Crippen LogP contribution is 2.24. The fourth-order valence-corrected chi connectivity index (χ4v) is 1.54. The molecule has 0 spiro atoms. The summed E-state index contributed by atoms with van der Waals surface area (Å²) in [6, 6.07) is 0. The zero-order chi connectivity index (χ0) is 12.3. The van der Waals surface area contributed by atoms with Gasteiger partial charge in [-0.1, -0.05) is 0 Å². The van der Waals surface area contributed by atoms with Crippen molar-refractivity contribution in [1.29, 1.82) is 0 Å². The van der Waals surface area contributed by atoms with Gasteiger partial charge in [-0.25, -0.2) is 9.59 Å². The Balaban J connectivity index is 2.71. The number of esters is 2. The van der Waals surface area contributed by atoms with Gasteiger partial charge < -0.3 is 14.6 Å². The van der Waals surface area contributed by atoms with Gasteiger partial charge in [-0.3, -0.25) is 4.79 Å². The molecule has 0 radical (unpaired) electrons. The highest BCUT2D eigenvalue weighted by Gasteiger charge is 2.38. The molecule has 0 unspecified atom stereocenters. The van der Waals surface area contributed by atoms with Crippen LogP contribution < -0.4 is 0 Å². The average Bonchev–Trinajstić information content (AvgIpc) is 2.07. The van der Waals surface area contributed by atoms with Crippen LogP contribution in [0.2, 0.25) is 0 Å². The third-order valence-corrected chi connectivity index (χ3v) is 2.34. The van der Waals surface area contributed by atoms with Crippen LogP contribution in [-0.4, -0.2) is 34.6 Å². The number of carboxylic acid groups (broad SMARTS) is 1. The van der Waals surface area contributed by atoms with Gasteiger partial charge in [0.1, 0.15) is 0 Å². The summed E-state index contributed by atoms with van der Waals surface area (Å²) < 4.78 is 9.61. The molecule has 0 saturated carbocycles. The van der Waals surface area contributed by atoms with Crippen molar-refractivity contribution >= 4 is 29.7 Å². The van der Waals surface area contributed by atoms with E-state index in [2.05, 4.69) is 0 Å². The van der Waals surface area contributed by atoms with E-state index in [1.807, 2.05) is 0 Å². The lowest BCUT2D eigenvalue weighted by molar-refractivity contribution is -0.222. The van der Waals surface area contributed by atoms with Gasteiger partial charge in [-0.05, 0) is 5.41 Å². The summed E-state index contributed by atoms with van der Waals surface area (Å²) in [5.41, 5.74) is -0.287. The van der Waals surface area contributed by atoms with E-state index >= 15 is 0 Å². The first-order valence-electron chi connectivity index (χ1n) is 4.32. The molecule has 6 nitrogen and oxygen atoms in total. The minimum Gasteiger partial charge on any atom is -0.481 e. The summed E-state index contributed by atoms with van der Waals surface area (Å²) in [5.74, 6) is -4.17. The van der Waals surface area contributed by atoms with Gasteiger partial charge >= 0.3 is 17.9 Å². The third kappa shape index (κ3) is 3.27. The van der Waals surface area contributed by atoms with E-state index in [4.69, 9.17) is 14.6 Å². The van der Waals surface area contributed by atoms with E-state index in [0.29, 0.717) is 0 Å². The highest BCUT2D eigenvalue weighted by molar-refractivity contribution is 8.02. The van der Waals surface area contributed by atoms with Crippen molar-refractivity contribution in [3.8, 4) is 0 Å². The highest BCUT2D eigenvalue weighted by atomic mass is 32.2. The predicted octanol–water partition coefficient (Wildman–Crippen LogP) is 0.524. The molecule has 0 atom stereocenters. The van der Waals surface area contributed by atoms with Crippen LogP contribution >= 0.6 is 11.8 Å². The van der Waals surface area contributed by atoms with Crippen molar-refractivity contribution in [3.63, 3.8) is 0 Å². The molecule has 0 aromatic heterocycles. The lowest BCUT2D eigenvalue weighted by atomic mass is 10.2. The Bertz CT molecular complexity index is 348. The number of aliphatic carboxylic acids is 1. The number of thioether (sulfide) groups is 1. The molecule has 88 valence electrons. The minimum atomic E-state index is -1.27. The minimum absolute atomic E-state index is 0.243. The number of carboxylic acids is 1. The monoisotopic (exact) mass is 246 g/mol. The van der Waals surface area contributed by atoms with Gasteiger partial charge in [-0.15, -0.1) is 11.8 Å². The van der Waals surface area contributed by atoms with Crippen LogP contribution in [-0.2, 0) is 23.9 Å². The van der Waals surface area contributed by atoms with Crippen LogP contribution in [0.25, 0.3) is 0 Å². The zero-order valence-corrected chi connectivity index (χ0v) is 9.50. The Morgan fingerprint density at radius 1 is 1.38 bits per heavy atom. The number of ether oxygens (including phenoxy) is 2. The number of carbonyl (C=O) groups excluding carboxylic acids is 2. The molecular weight excluding hydrogens is 236 g/mol. The van der Waals surface area contributed by atoms with E-state index in [1.54, 1.807) is 0 Å². The molecule has 1 heterocycles. The number of hydrogen-bond acceptors (Lipinski definition) is 6. The molecule has 0 amide bonds. The quantitative estimate of drug-likeness (QED) is 0.441. The van der Waals surface area contributed by atoms with Crippen molar-refractivity contribution < 1.29 is 29.0 Å². The molecule has 1 rings (SSSR count). The van der Waals surface area contributed by atoms with E-state index in [0.717, 1.165) is 17.2 Å². The Kier molecular flexibility index (Phi) is 3.58. The molecule has 1 N–H and O–H groups in total. The molecule has 0 aromatic rings. The van der Waals surface area contributed by atoms with Crippen LogP contribution in [0, 0.1) is 0 Å². The number of hydrogen-bond donors (Lipinski definition) is 1. The summed E-state index contributed by atoms with van der Waals surface area (Å²) in [6.07, 6.45) is 0. The van der Waals surface area contributed by atoms with Crippen LogP contribution in [0.15, 0.2) is 11.0 Å². The second-order valence-electron chi connectivity index (χ2n) is 3.42. The topological polar surface area (TPSA) is 89.9 Å². The molecule has 16 heavy (non-hydrogen) atoms. The maximum atomic E-state index is 11.3. The van der Waals surface area contributed by atoms with Crippen molar-refractivity contribution in [2.75, 3.05) is 5.75 Å². The SMILES string of the molecule is CC1(C)OC(=O)C(=CSCC(=O)O)C(=O)O1. The lowest BCUT2D eigenvalue weighted by Gasteiger charge is -2.29. The summed E-state index contributed by atoms with van der Waals surface area (Å²) in [4.78, 5) is 32.9. The van der Waals surface area contributed by atoms with E-state index in [9.17, 15) is 14.4 Å². The van der Waals surface area contributed by atoms with Crippen molar-refractivity contribution in [3.05, 3.63) is 11.0 Å². The van der Waals surface area contributed by atoms with Gasteiger partial charge in [0.2, 0.25) is 0 Å². The third-order valence-electron chi connectivity index (χ3n) is 1.52. The first kappa shape index (κ1) is 12.6. The number of carbonyl (C=O) groups is 3. The molecule has 1 aliphatic rings. The van der Waals surface area contributed by atoms with Crippen LogP contribution in [0.5, 0.6) is 0 Å². The lowest BCUT2D eigenvalue weighted by Crippen LogP contribution is -2.41. The van der Waals surface area contributed by atoms with Gasteiger partial charge in [0.05, 0.1) is 5.75 Å². The van der Waals surface area contributed by atoms with E-state index < -0.39 is 23.7 Å². The molecule has 0 aromatic carbocycles. The average molecular weight is 246 g/mol. The summed E-state index contributed by atoms with van der Waals surface area (Å²) in [5, 5.41) is 9.51. The Morgan fingerprint density at radius 2 is 1.88 bits per heavy atom. The van der Waals surface area contributed by atoms with Crippen LogP contribution in [0.1, 0.15) is 13.8 Å². The summed E-state index contributed by atoms with van der Waals surface area (Å²) in [6.45, 7) is 2.87. The Labute approximate surface area is 95.6 Å². The Hall–Kier alpha value is -1.50. The maximum Gasteiger partial charge on any atom is 0.349 e. The molecule has 7 heteroatoms. The molecule has 1 fully saturated rings. The first-order chi connectivity index (χ1) is 7.32. The van der Waals surface area contributed by atoms with E-state index in [1.165, 1.54) is 13.8 Å². The van der Waals surface area contributed by atoms with Gasteiger partial charge in [0.15, 0.2) is 5.57 Å². The number of cyclic esters (lactones) is 2. The number of rotatable bonds is 3. The van der Waals surface area contributed by atoms with Crippen molar-refractivity contribution in [2.45, 2.75) is 19.6 Å². The molecule has 0 bridgehead atoms. The predicted molar refractivity (Wildman–Crippen MR) is 54.4 cm³/mol. The Morgan fingerprint density at radius 3 is 2.31 bits per heavy atom. The van der Waals surface area contributed by atoms with Crippen molar-refractivity contribution in [2.24, 2.45) is 0 Å².